The topological polar surface area (TPSA) is 18.5 Å². The Morgan fingerprint density at radius 3 is 2.11 bits per heavy atom. The van der Waals surface area contributed by atoms with Crippen molar-refractivity contribution < 1.29 is 9.47 Å². The Kier molecular flexibility index (Phi) is 4.05. The smallest absolute Gasteiger partial charge is 0.183 e. The van der Waals surface area contributed by atoms with E-state index in [0.717, 1.165) is 29.4 Å². The lowest BCUT2D eigenvalue weighted by Gasteiger charge is -2.57. The third kappa shape index (κ3) is 2.65. The second kappa shape index (κ2) is 5.47. The van der Waals surface area contributed by atoms with Crippen LogP contribution in [0, 0.1) is 10.8 Å². The maximum absolute atomic E-state index is 5.95. The van der Waals surface area contributed by atoms with Crippen LogP contribution in [0.15, 0.2) is 30.3 Å². The predicted molar refractivity (Wildman–Crippen MR) is 82.8 cm³/mol. The van der Waals surface area contributed by atoms with Crippen molar-refractivity contribution in [3.05, 3.63) is 35.9 Å². The number of ether oxygens (including phenoxy) is 2. The van der Waals surface area contributed by atoms with Gasteiger partial charge in [0.25, 0.3) is 0 Å². The summed E-state index contributed by atoms with van der Waals surface area (Å²) in [7, 11) is 0. The fraction of sp³-hybridized carbons (Fsp3) is 0.600. The molecule has 0 amide bonds. The van der Waals surface area contributed by atoms with Crippen LogP contribution in [0.1, 0.15) is 24.7 Å². The van der Waals surface area contributed by atoms with E-state index in [2.05, 4.69) is 44.0 Å². The van der Waals surface area contributed by atoms with Crippen molar-refractivity contribution in [2.45, 2.75) is 19.1 Å². The highest BCUT2D eigenvalue weighted by molar-refractivity contribution is 9.09. The lowest BCUT2D eigenvalue weighted by Crippen LogP contribution is -2.55. The van der Waals surface area contributed by atoms with Crippen molar-refractivity contribution >= 4 is 31.9 Å². The predicted octanol–water partition coefficient (Wildman–Crippen LogP) is 4.29. The van der Waals surface area contributed by atoms with Gasteiger partial charge < -0.3 is 9.47 Å². The fourth-order valence-electron chi connectivity index (χ4n) is 3.37. The minimum absolute atomic E-state index is 0.185. The van der Waals surface area contributed by atoms with Gasteiger partial charge in [-0.05, 0) is 18.3 Å². The van der Waals surface area contributed by atoms with Gasteiger partial charge in [0.05, 0.1) is 13.2 Å². The second-order valence-electron chi connectivity index (χ2n) is 5.99. The maximum atomic E-state index is 5.95. The molecule has 1 spiro atoms. The van der Waals surface area contributed by atoms with E-state index in [9.17, 15) is 0 Å². The second-order valence-corrected chi connectivity index (χ2v) is 7.11. The molecule has 3 rings (SSSR count). The largest absolute Gasteiger partial charge is 0.348 e. The summed E-state index contributed by atoms with van der Waals surface area (Å²) in [4.78, 5) is 0. The number of hydrogen-bond acceptors (Lipinski definition) is 2. The standard InChI is InChI=1S/C15H18Br2O2/c16-8-14(9-17)6-15(7-14)10-18-13(19-11-15)12-4-2-1-3-5-12/h1-5,13H,6-11H2. The Balaban J connectivity index is 1.59. The van der Waals surface area contributed by atoms with E-state index < -0.39 is 0 Å². The van der Waals surface area contributed by atoms with Gasteiger partial charge in [-0.2, -0.15) is 0 Å². The van der Waals surface area contributed by atoms with Gasteiger partial charge in [-0.25, -0.2) is 0 Å². The summed E-state index contributed by atoms with van der Waals surface area (Å²) in [5.74, 6) is 0. The molecule has 104 valence electrons. The molecule has 1 saturated carbocycles. The molecule has 1 aliphatic carbocycles. The van der Waals surface area contributed by atoms with E-state index in [1.165, 1.54) is 12.8 Å². The molecule has 1 aliphatic heterocycles. The lowest BCUT2D eigenvalue weighted by molar-refractivity contribution is -0.267. The minimum Gasteiger partial charge on any atom is -0.348 e. The number of rotatable bonds is 3. The molecule has 0 atom stereocenters. The van der Waals surface area contributed by atoms with Gasteiger partial charge in [0.2, 0.25) is 0 Å². The van der Waals surface area contributed by atoms with Crippen LogP contribution in [-0.4, -0.2) is 23.9 Å². The van der Waals surface area contributed by atoms with Gasteiger partial charge in [0, 0.05) is 21.6 Å². The zero-order chi connectivity index (χ0) is 13.3. The zero-order valence-corrected chi connectivity index (χ0v) is 14.0. The first-order valence-electron chi connectivity index (χ1n) is 6.61. The van der Waals surface area contributed by atoms with Crippen molar-refractivity contribution in [3.8, 4) is 0 Å². The molecule has 2 nitrogen and oxygen atoms in total. The Morgan fingerprint density at radius 2 is 1.58 bits per heavy atom. The number of alkyl halides is 2. The summed E-state index contributed by atoms with van der Waals surface area (Å²) in [5.41, 5.74) is 1.75. The number of halogens is 2. The molecule has 0 unspecified atom stereocenters. The highest BCUT2D eigenvalue weighted by Gasteiger charge is 2.55. The van der Waals surface area contributed by atoms with E-state index in [1.807, 2.05) is 18.2 Å². The van der Waals surface area contributed by atoms with Crippen LogP contribution in [0.5, 0.6) is 0 Å². The number of hydrogen-bond donors (Lipinski definition) is 0. The van der Waals surface area contributed by atoms with Crippen LogP contribution < -0.4 is 0 Å². The molecular formula is C15H18Br2O2. The first-order chi connectivity index (χ1) is 9.21. The summed E-state index contributed by atoms with van der Waals surface area (Å²) >= 11 is 7.26. The molecule has 0 aromatic heterocycles. The van der Waals surface area contributed by atoms with Crippen LogP contribution in [0.4, 0.5) is 0 Å². The molecule has 19 heavy (non-hydrogen) atoms. The minimum atomic E-state index is -0.185. The van der Waals surface area contributed by atoms with Crippen molar-refractivity contribution in [1.29, 1.82) is 0 Å². The Labute approximate surface area is 131 Å². The van der Waals surface area contributed by atoms with Crippen LogP contribution >= 0.6 is 31.9 Å². The first-order valence-corrected chi connectivity index (χ1v) is 8.85. The fourth-order valence-corrected chi connectivity index (χ4v) is 5.09. The van der Waals surface area contributed by atoms with Crippen LogP contribution in [0.2, 0.25) is 0 Å². The molecule has 1 aromatic rings. The average molecular weight is 390 g/mol. The first kappa shape index (κ1) is 14.1. The number of benzene rings is 1. The monoisotopic (exact) mass is 388 g/mol. The van der Waals surface area contributed by atoms with Crippen LogP contribution in [0.3, 0.4) is 0 Å². The highest BCUT2D eigenvalue weighted by Crippen LogP contribution is 2.58. The van der Waals surface area contributed by atoms with Crippen LogP contribution in [-0.2, 0) is 9.47 Å². The highest BCUT2D eigenvalue weighted by atomic mass is 79.9. The molecule has 1 saturated heterocycles. The molecule has 1 aromatic carbocycles. The van der Waals surface area contributed by atoms with Gasteiger partial charge >= 0.3 is 0 Å². The zero-order valence-electron chi connectivity index (χ0n) is 10.8. The van der Waals surface area contributed by atoms with E-state index in [-0.39, 0.29) is 11.7 Å². The van der Waals surface area contributed by atoms with Crippen molar-refractivity contribution in [1.82, 2.24) is 0 Å². The SMILES string of the molecule is BrCC1(CBr)CC2(COC(c3ccccc3)OC2)C1. The molecule has 1 heterocycles. The van der Waals surface area contributed by atoms with Gasteiger partial charge in [0.1, 0.15) is 0 Å². The van der Waals surface area contributed by atoms with E-state index in [0.29, 0.717) is 5.41 Å². The van der Waals surface area contributed by atoms with Gasteiger partial charge in [-0.1, -0.05) is 62.2 Å². The summed E-state index contributed by atoms with van der Waals surface area (Å²) in [6, 6.07) is 10.2. The third-order valence-corrected chi connectivity index (χ3v) is 6.60. The van der Waals surface area contributed by atoms with Crippen molar-refractivity contribution in [2.75, 3.05) is 23.9 Å². The molecular weight excluding hydrogens is 372 g/mol. The normalized spacial score (nSPS) is 25.2. The summed E-state index contributed by atoms with van der Waals surface area (Å²) in [6.45, 7) is 1.63. The van der Waals surface area contributed by atoms with Crippen LogP contribution in [0.25, 0.3) is 0 Å². The van der Waals surface area contributed by atoms with E-state index >= 15 is 0 Å². The Morgan fingerprint density at radius 1 is 1.00 bits per heavy atom. The van der Waals surface area contributed by atoms with E-state index in [4.69, 9.17) is 9.47 Å². The quantitative estimate of drug-likeness (QED) is 0.718. The molecule has 4 heteroatoms. The molecule has 2 aliphatic rings. The van der Waals surface area contributed by atoms with Crippen molar-refractivity contribution in [2.24, 2.45) is 10.8 Å². The summed E-state index contributed by atoms with van der Waals surface area (Å²) in [6.07, 6.45) is 2.17. The summed E-state index contributed by atoms with van der Waals surface area (Å²) < 4.78 is 11.9. The molecule has 0 bridgehead atoms. The Hall–Kier alpha value is 0.1000. The Bertz CT molecular complexity index is 413. The third-order valence-electron chi connectivity index (χ3n) is 4.22. The lowest BCUT2D eigenvalue weighted by atomic mass is 9.55. The molecule has 2 fully saturated rings. The maximum Gasteiger partial charge on any atom is 0.183 e. The van der Waals surface area contributed by atoms with E-state index in [1.54, 1.807) is 0 Å². The summed E-state index contributed by atoms with van der Waals surface area (Å²) in [5, 5.41) is 2.10. The van der Waals surface area contributed by atoms with Gasteiger partial charge in [-0.3, -0.25) is 0 Å². The molecule has 0 radical (unpaired) electrons. The van der Waals surface area contributed by atoms with Crippen molar-refractivity contribution in [3.63, 3.8) is 0 Å². The van der Waals surface area contributed by atoms with Gasteiger partial charge in [-0.15, -0.1) is 0 Å². The molecule has 0 N–H and O–H groups in total. The average Bonchev–Trinajstić information content (AvgIpc) is 2.46. The van der Waals surface area contributed by atoms with Gasteiger partial charge in [0.15, 0.2) is 6.29 Å².